The molecule has 0 radical (unpaired) electrons. The Balaban J connectivity index is 1.58. The highest BCUT2D eigenvalue weighted by Crippen LogP contribution is 2.32. The van der Waals surface area contributed by atoms with Crippen LogP contribution in [0, 0.1) is 5.92 Å². The monoisotopic (exact) mass is 286 g/mol. The van der Waals surface area contributed by atoms with E-state index in [1.165, 1.54) is 51.7 Å². The molecule has 0 saturated carbocycles. The molecule has 0 aromatic heterocycles. The lowest BCUT2D eigenvalue weighted by Gasteiger charge is -2.37. The maximum atomic E-state index is 3.94. The molecular formula is C19H30N2. The molecule has 2 heteroatoms. The number of likely N-dealkylation sites (tertiary alicyclic amines) is 1. The lowest BCUT2D eigenvalue weighted by atomic mass is 9.90. The summed E-state index contributed by atoms with van der Waals surface area (Å²) in [5.74, 6) is 0.818. The number of nitrogens with zero attached hydrogens (tertiary/aromatic N) is 1. The van der Waals surface area contributed by atoms with Crippen molar-refractivity contribution in [2.24, 2.45) is 5.92 Å². The summed E-state index contributed by atoms with van der Waals surface area (Å²) < 4.78 is 0. The molecule has 1 aromatic carbocycles. The lowest BCUT2D eigenvalue weighted by Crippen LogP contribution is -2.45. The summed E-state index contributed by atoms with van der Waals surface area (Å²) in [5.41, 5.74) is 3.10. The summed E-state index contributed by atoms with van der Waals surface area (Å²) in [6.45, 7) is 8.57. The highest BCUT2D eigenvalue weighted by atomic mass is 15.1. The van der Waals surface area contributed by atoms with Crippen molar-refractivity contribution in [1.29, 1.82) is 0 Å². The Bertz CT molecular complexity index is 455. The number of nitrogens with one attached hydrogen (secondary N) is 1. The van der Waals surface area contributed by atoms with E-state index in [0.29, 0.717) is 12.1 Å². The van der Waals surface area contributed by atoms with Crippen molar-refractivity contribution < 1.29 is 0 Å². The molecular weight excluding hydrogens is 256 g/mol. The predicted molar refractivity (Wildman–Crippen MR) is 89.6 cm³/mol. The molecule has 1 saturated heterocycles. The number of hydrogen-bond acceptors (Lipinski definition) is 2. The van der Waals surface area contributed by atoms with Gasteiger partial charge in [-0.3, -0.25) is 0 Å². The van der Waals surface area contributed by atoms with Gasteiger partial charge in [-0.25, -0.2) is 0 Å². The van der Waals surface area contributed by atoms with Crippen molar-refractivity contribution in [3.8, 4) is 0 Å². The molecule has 3 unspecified atom stereocenters. The number of rotatable bonds is 5. The molecule has 2 nitrogen and oxygen atoms in total. The molecule has 1 aliphatic heterocycles. The van der Waals surface area contributed by atoms with Gasteiger partial charge < -0.3 is 10.2 Å². The molecule has 1 heterocycles. The molecule has 3 rings (SSSR count). The third-order valence-corrected chi connectivity index (χ3v) is 5.39. The lowest BCUT2D eigenvalue weighted by molar-refractivity contribution is 0.146. The quantitative estimate of drug-likeness (QED) is 0.886. The van der Waals surface area contributed by atoms with Gasteiger partial charge >= 0.3 is 0 Å². The topological polar surface area (TPSA) is 15.3 Å². The van der Waals surface area contributed by atoms with Crippen LogP contribution in [0.1, 0.15) is 56.7 Å². The van der Waals surface area contributed by atoms with Crippen molar-refractivity contribution in [2.45, 2.75) is 58.0 Å². The van der Waals surface area contributed by atoms with Crippen LogP contribution in [-0.4, -0.2) is 30.6 Å². The van der Waals surface area contributed by atoms with E-state index >= 15 is 0 Å². The SMILES string of the molecule is CCCN1CCCC(C(C)NC2CCc3ccccc32)C1. The molecule has 2 aliphatic rings. The van der Waals surface area contributed by atoms with Crippen LogP contribution in [0.25, 0.3) is 0 Å². The highest BCUT2D eigenvalue weighted by molar-refractivity contribution is 5.34. The Morgan fingerprint density at radius 1 is 1.29 bits per heavy atom. The van der Waals surface area contributed by atoms with Crippen LogP contribution in [0.15, 0.2) is 24.3 Å². The van der Waals surface area contributed by atoms with E-state index in [9.17, 15) is 0 Å². The summed E-state index contributed by atoms with van der Waals surface area (Å²) in [7, 11) is 0. The second-order valence-corrected chi connectivity index (χ2v) is 6.95. The molecule has 1 aliphatic carbocycles. The molecule has 21 heavy (non-hydrogen) atoms. The molecule has 3 atom stereocenters. The summed E-state index contributed by atoms with van der Waals surface area (Å²) >= 11 is 0. The average Bonchev–Trinajstić information content (AvgIpc) is 2.91. The van der Waals surface area contributed by atoms with Crippen molar-refractivity contribution in [3.63, 3.8) is 0 Å². The van der Waals surface area contributed by atoms with Gasteiger partial charge in [0.05, 0.1) is 0 Å². The fraction of sp³-hybridized carbons (Fsp3) is 0.684. The van der Waals surface area contributed by atoms with Gasteiger partial charge in [0.25, 0.3) is 0 Å². The number of piperidine rings is 1. The second-order valence-electron chi connectivity index (χ2n) is 6.95. The number of benzene rings is 1. The van der Waals surface area contributed by atoms with Crippen LogP contribution in [0.3, 0.4) is 0 Å². The molecule has 0 spiro atoms. The summed E-state index contributed by atoms with van der Waals surface area (Å²) in [6, 6.07) is 10.2. The second kappa shape index (κ2) is 6.93. The van der Waals surface area contributed by atoms with Crippen LogP contribution in [0.5, 0.6) is 0 Å². The van der Waals surface area contributed by atoms with E-state index in [0.717, 1.165) is 5.92 Å². The standard InChI is InChI=1S/C19H30N2/c1-3-12-21-13-6-8-17(14-21)15(2)20-19-11-10-16-7-4-5-9-18(16)19/h4-5,7,9,15,17,19-20H,3,6,8,10-14H2,1-2H3. The Hall–Kier alpha value is -0.860. The van der Waals surface area contributed by atoms with E-state index in [2.05, 4.69) is 48.3 Å². The van der Waals surface area contributed by atoms with E-state index < -0.39 is 0 Å². The van der Waals surface area contributed by atoms with Gasteiger partial charge in [0.2, 0.25) is 0 Å². The van der Waals surface area contributed by atoms with Crippen molar-refractivity contribution in [1.82, 2.24) is 10.2 Å². The van der Waals surface area contributed by atoms with E-state index in [1.807, 2.05) is 0 Å². The summed E-state index contributed by atoms with van der Waals surface area (Å²) in [5, 5.41) is 3.94. The Morgan fingerprint density at radius 3 is 3.00 bits per heavy atom. The maximum absolute atomic E-state index is 3.94. The number of hydrogen-bond donors (Lipinski definition) is 1. The first-order valence-electron chi connectivity index (χ1n) is 8.84. The van der Waals surface area contributed by atoms with Gasteiger partial charge in [-0.1, -0.05) is 31.2 Å². The first kappa shape index (κ1) is 15.1. The zero-order valence-corrected chi connectivity index (χ0v) is 13.6. The molecule has 1 N–H and O–H groups in total. The highest BCUT2D eigenvalue weighted by Gasteiger charge is 2.28. The van der Waals surface area contributed by atoms with Gasteiger partial charge in [-0.15, -0.1) is 0 Å². The van der Waals surface area contributed by atoms with Gasteiger partial charge in [0.15, 0.2) is 0 Å². The molecule has 0 amide bonds. The minimum atomic E-state index is 0.581. The Kier molecular flexibility index (Phi) is 4.97. The normalized spacial score (nSPS) is 27.5. The Labute approximate surface area is 129 Å². The molecule has 116 valence electrons. The van der Waals surface area contributed by atoms with Crippen LogP contribution in [0.4, 0.5) is 0 Å². The largest absolute Gasteiger partial charge is 0.307 e. The first-order chi connectivity index (χ1) is 10.3. The van der Waals surface area contributed by atoms with Gasteiger partial charge in [0.1, 0.15) is 0 Å². The summed E-state index contributed by atoms with van der Waals surface area (Å²) in [4.78, 5) is 2.66. The van der Waals surface area contributed by atoms with Gasteiger partial charge in [-0.2, -0.15) is 0 Å². The molecule has 1 aromatic rings. The average molecular weight is 286 g/mol. The fourth-order valence-corrected chi connectivity index (χ4v) is 4.20. The van der Waals surface area contributed by atoms with E-state index in [4.69, 9.17) is 0 Å². The minimum absolute atomic E-state index is 0.581. The molecule has 0 bridgehead atoms. The van der Waals surface area contributed by atoms with Crippen molar-refractivity contribution in [2.75, 3.05) is 19.6 Å². The van der Waals surface area contributed by atoms with E-state index in [-0.39, 0.29) is 0 Å². The third kappa shape index (κ3) is 3.49. The zero-order valence-electron chi connectivity index (χ0n) is 13.6. The Morgan fingerprint density at radius 2 is 2.14 bits per heavy atom. The van der Waals surface area contributed by atoms with Crippen LogP contribution < -0.4 is 5.32 Å². The van der Waals surface area contributed by atoms with Crippen LogP contribution in [-0.2, 0) is 6.42 Å². The van der Waals surface area contributed by atoms with E-state index in [1.54, 1.807) is 11.1 Å². The smallest absolute Gasteiger partial charge is 0.0328 e. The zero-order chi connectivity index (χ0) is 14.7. The van der Waals surface area contributed by atoms with Crippen LogP contribution >= 0.6 is 0 Å². The maximum Gasteiger partial charge on any atom is 0.0328 e. The van der Waals surface area contributed by atoms with Crippen LogP contribution in [0.2, 0.25) is 0 Å². The minimum Gasteiger partial charge on any atom is -0.307 e. The number of aryl methyl sites for hydroxylation is 1. The summed E-state index contributed by atoms with van der Waals surface area (Å²) in [6.07, 6.45) is 6.56. The molecule has 1 fully saturated rings. The van der Waals surface area contributed by atoms with Gasteiger partial charge in [-0.05, 0) is 69.2 Å². The van der Waals surface area contributed by atoms with Gasteiger partial charge in [0, 0.05) is 18.6 Å². The predicted octanol–water partition coefficient (Wildman–Crippen LogP) is 3.77. The van der Waals surface area contributed by atoms with Crippen molar-refractivity contribution in [3.05, 3.63) is 35.4 Å². The third-order valence-electron chi connectivity index (χ3n) is 5.39. The van der Waals surface area contributed by atoms with Crippen molar-refractivity contribution >= 4 is 0 Å². The number of fused-ring (bicyclic) bond motifs is 1. The first-order valence-corrected chi connectivity index (χ1v) is 8.84. The fourth-order valence-electron chi connectivity index (χ4n) is 4.20.